The molecule has 0 fully saturated rings. The molecule has 132 valence electrons. The van der Waals surface area contributed by atoms with Crippen LogP contribution in [0.1, 0.15) is 11.3 Å². The number of benzene rings is 1. The molecule has 0 amide bonds. The Kier molecular flexibility index (Phi) is 4.98. The van der Waals surface area contributed by atoms with E-state index in [0.717, 1.165) is 0 Å². The minimum Gasteiger partial charge on any atom is -0.622 e. The molecule has 1 N–H and O–H groups in total. The molecule has 1 aliphatic heterocycles. The maximum Gasteiger partial charge on any atom is 0.422 e. The van der Waals surface area contributed by atoms with Gasteiger partial charge >= 0.3 is 6.18 Å². The first-order chi connectivity index (χ1) is 11.8. The van der Waals surface area contributed by atoms with E-state index in [1.165, 1.54) is 24.0 Å². The average Bonchev–Trinajstić information content (AvgIpc) is 2.89. The lowest BCUT2D eigenvalue weighted by molar-refractivity contribution is -0.658. The van der Waals surface area contributed by atoms with Crippen molar-refractivity contribution in [2.75, 3.05) is 6.61 Å². The lowest BCUT2D eigenvalue weighted by Gasteiger charge is -2.17. The van der Waals surface area contributed by atoms with Gasteiger partial charge in [0.25, 0.3) is 5.17 Å². The number of para-hydroxylation sites is 2. The third-order valence-corrected chi connectivity index (χ3v) is 4.53. The summed E-state index contributed by atoms with van der Waals surface area (Å²) in [5.41, 5.74) is 2.25. The van der Waals surface area contributed by atoms with E-state index in [2.05, 4.69) is 9.98 Å². The summed E-state index contributed by atoms with van der Waals surface area (Å²) in [5, 5.41) is 12.5. The van der Waals surface area contributed by atoms with E-state index < -0.39 is 12.8 Å². The van der Waals surface area contributed by atoms with Crippen LogP contribution in [0.4, 0.5) is 24.5 Å². The van der Waals surface area contributed by atoms with Gasteiger partial charge in [-0.15, -0.1) is 0 Å². The topological polar surface area (TPSA) is 62.0 Å². The average molecular weight is 369 g/mol. The van der Waals surface area contributed by atoms with Crippen LogP contribution in [0.2, 0.25) is 0 Å². The summed E-state index contributed by atoms with van der Waals surface area (Å²) in [6.45, 7) is 0.284. The summed E-state index contributed by atoms with van der Waals surface area (Å²) < 4.78 is 41.7. The Bertz CT molecular complexity index is 811. The van der Waals surface area contributed by atoms with E-state index in [4.69, 9.17) is 4.74 Å². The van der Waals surface area contributed by atoms with Gasteiger partial charge in [-0.2, -0.15) is 18.2 Å². The summed E-state index contributed by atoms with van der Waals surface area (Å²) >= 11 is 1.21. The fourth-order valence-electron chi connectivity index (χ4n) is 2.29. The van der Waals surface area contributed by atoms with Crippen LogP contribution >= 0.6 is 11.8 Å². The highest BCUT2D eigenvalue weighted by Crippen LogP contribution is 2.29. The van der Waals surface area contributed by atoms with Crippen LogP contribution in [0.25, 0.3) is 0 Å². The Balaban J connectivity index is 1.68. The van der Waals surface area contributed by atoms with Crippen LogP contribution in [0.15, 0.2) is 41.5 Å². The predicted octanol–water partition coefficient (Wildman–Crippen LogP) is 3.28. The van der Waals surface area contributed by atoms with Crippen LogP contribution < -0.4 is 9.80 Å². The summed E-state index contributed by atoms with van der Waals surface area (Å²) in [6.07, 6.45) is -3.01. The SMILES string of the molecule is Cc1c(OCC(F)(F)F)ccnc1CSC1=Nc2ccccc2[NH+]1[O-]. The van der Waals surface area contributed by atoms with Crippen molar-refractivity contribution in [3.63, 3.8) is 0 Å². The Morgan fingerprint density at radius 2 is 2.00 bits per heavy atom. The van der Waals surface area contributed by atoms with Crippen molar-refractivity contribution >= 4 is 28.3 Å². The van der Waals surface area contributed by atoms with Gasteiger partial charge in [-0.1, -0.05) is 12.1 Å². The molecule has 2 heterocycles. The van der Waals surface area contributed by atoms with Crippen molar-refractivity contribution in [1.29, 1.82) is 0 Å². The van der Waals surface area contributed by atoms with Crippen LogP contribution in [-0.4, -0.2) is 22.9 Å². The first-order valence-electron chi connectivity index (χ1n) is 7.34. The molecule has 0 radical (unpaired) electrons. The number of thioether (sulfide) groups is 1. The minimum absolute atomic E-state index is 0.130. The third-order valence-electron chi connectivity index (χ3n) is 3.56. The molecule has 9 heteroatoms. The highest BCUT2D eigenvalue weighted by atomic mass is 32.2. The molecule has 2 aromatic rings. The lowest BCUT2D eigenvalue weighted by Crippen LogP contribution is -3.03. The molecule has 0 aliphatic carbocycles. The van der Waals surface area contributed by atoms with E-state index in [-0.39, 0.29) is 10.8 Å². The van der Waals surface area contributed by atoms with Crippen LogP contribution in [0.3, 0.4) is 0 Å². The molecule has 1 aromatic heterocycles. The number of aliphatic imine (C=N–C) groups is 1. The Morgan fingerprint density at radius 1 is 1.24 bits per heavy atom. The zero-order valence-electron chi connectivity index (χ0n) is 13.1. The number of hydrogen-bond acceptors (Lipinski definition) is 5. The van der Waals surface area contributed by atoms with Crippen molar-refractivity contribution in [2.24, 2.45) is 4.99 Å². The number of hydroxylamine groups is 1. The first kappa shape index (κ1) is 17.7. The van der Waals surface area contributed by atoms with Crippen molar-refractivity contribution in [1.82, 2.24) is 4.98 Å². The normalized spacial score (nSPS) is 16.5. The van der Waals surface area contributed by atoms with Crippen LogP contribution in [0.5, 0.6) is 5.75 Å². The fraction of sp³-hybridized carbons (Fsp3) is 0.250. The second-order valence-electron chi connectivity index (χ2n) is 5.34. The van der Waals surface area contributed by atoms with Gasteiger partial charge in [0.15, 0.2) is 12.3 Å². The van der Waals surface area contributed by atoms with Gasteiger partial charge in [-0.3, -0.25) is 10.0 Å². The van der Waals surface area contributed by atoms with Crippen LogP contribution in [0, 0.1) is 12.1 Å². The number of fused-ring (bicyclic) bond motifs is 1. The van der Waals surface area contributed by atoms with Gasteiger partial charge in [0.2, 0.25) is 0 Å². The zero-order valence-corrected chi connectivity index (χ0v) is 13.9. The number of pyridine rings is 1. The smallest absolute Gasteiger partial charge is 0.422 e. The van der Waals surface area contributed by atoms with Crippen molar-refractivity contribution in [3.05, 3.63) is 53.0 Å². The molecule has 0 saturated heterocycles. The number of amidine groups is 1. The first-order valence-corrected chi connectivity index (χ1v) is 8.33. The number of nitrogens with one attached hydrogen (secondary N) is 1. The van der Waals surface area contributed by atoms with Crippen molar-refractivity contribution in [3.8, 4) is 5.75 Å². The minimum atomic E-state index is -4.40. The second kappa shape index (κ2) is 7.03. The standard InChI is InChI=1S/C16H14F3N3O2S/c1-10-12(20-7-6-14(10)24-9-16(17,18)19)8-25-15-21-11-4-2-3-5-13(11)22(15)23/h2-7,22H,8-9H2,1H3. The molecule has 1 unspecified atom stereocenters. The summed E-state index contributed by atoms with van der Waals surface area (Å²) in [6, 6.07) is 8.44. The number of aromatic nitrogens is 1. The number of alkyl halides is 3. The molecule has 25 heavy (non-hydrogen) atoms. The van der Waals surface area contributed by atoms with Gasteiger partial charge in [0.05, 0.1) is 5.69 Å². The summed E-state index contributed by atoms with van der Waals surface area (Å²) in [4.78, 5) is 8.46. The zero-order chi connectivity index (χ0) is 18.0. The van der Waals surface area contributed by atoms with E-state index >= 15 is 0 Å². The maximum absolute atomic E-state index is 12.3. The highest BCUT2D eigenvalue weighted by Gasteiger charge is 2.29. The Labute approximate surface area is 146 Å². The summed E-state index contributed by atoms with van der Waals surface area (Å²) in [5.74, 6) is 0.444. The molecule has 3 rings (SSSR count). The lowest BCUT2D eigenvalue weighted by atomic mass is 10.2. The van der Waals surface area contributed by atoms with Gasteiger partial charge in [0.1, 0.15) is 11.4 Å². The maximum atomic E-state index is 12.3. The monoisotopic (exact) mass is 369 g/mol. The van der Waals surface area contributed by atoms with E-state index in [1.54, 1.807) is 31.2 Å². The number of ether oxygens (including phenoxy) is 1. The quantitative estimate of drug-likeness (QED) is 0.841. The Morgan fingerprint density at radius 3 is 2.72 bits per heavy atom. The van der Waals surface area contributed by atoms with Crippen LogP contribution in [-0.2, 0) is 5.75 Å². The van der Waals surface area contributed by atoms with Gasteiger partial charge in [-0.05, 0) is 30.8 Å². The van der Waals surface area contributed by atoms with E-state index in [1.807, 2.05) is 0 Å². The second-order valence-corrected chi connectivity index (χ2v) is 6.30. The molecule has 1 atom stereocenters. The molecular formula is C16H14F3N3O2S. The molecule has 0 saturated carbocycles. The molecule has 1 aliphatic rings. The predicted molar refractivity (Wildman–Crippen MR) is 89.3 cm³/mol. The largest absolute Gasteiger partial charge is 0.622 e. The van der Waals surface area contributed by atoms with Crippen molar-refractivity contribution < 1.29 is 23.0 Å². The van der Waals surface area contributed by atoms with E-state index in [0.29, 0.717) is 33.6 Å². The molecule has 0 bridgehead atoms. The highest BCUT2D eigenvalue weighted by molar-refractivity contribution is 8.12. The van der Waals surface area contributed by atoms with Gasteiger partial charge < -0.3 is 9.94 Å². The molecule has 0 spiro atoms. The molecular weight excluding hydrogens is 355 g/mol. The molecule has 1 aromatic carbocycles. The fourth-order valence-corrected chi connectivity index (χ4v) is 3.26. The number of nitrogens with zero attached hydrogens (tertiary/aromatic N) is 2. The third kappa shape index (κ3) is 4.12. The van der Waals surface area contributed by atoms with Crippen molar-refractivity contribution in [2.45, 2.75) is 18.9 Å². The van der Waals surface area contributed by atoms with Gasteiger partial charge in [-0.25, -0.2) is 0 Å². The molecule has 5 nitrogen and oxygen atoms in total. The number of halogens is 3. The van der Waals surface area contributed by atoms with Gasteiger partial charge in [0, 0.05) is 23.6 Å². The number of quaternary nitrogens is 1. The number of hydrogen-bond donors (Lipinski definition) is 1. The van der Waals surface area contributed by atoms with E-state index in [9.17, 15) is 18.4 Å². The Hall–Kier alpha value is -2.10. The summed E-state index contributed by atoms with van der Waals surface area (Å²) in [7, 11) is 0. The number of rotatable bonds is 4.